The van der Waals surface area contributed by atoms with E-state index < -0.39 is 5.60 Å². The van der Waals surface area contributed by atoms with Gasteiger partial charge in [0.15, 0.2) is 0 Å². The van der Waals surface area contributed by atoms with Crippen LogP contribution >= 0.6 is 0 Å². The molecule has 0 spiro atoms. The zero-order chi connectivity index (χ0) is 15.2. The minimum absolute atomic E-state index is 0.0301. The molecular formula is C14H25NO5. The Morgan fingerprint density at radius 3 is 2.60 bits per heavy atom. The quantitative estimate of drug-likeness (QED) is 0.571. The molecule has 0 radical (unpaired) electrons. The van der Waals surface area contributed by atoms with Gasteiger partial charge in [-0.05, 0) is 33.6 Å². The zero-order valence-electron chi connectivity index (χ0n) is 12.8. The zero-order valence-corrected chi connectivity index (χ0v) is 12.8. The van der Waals surface area contributed by atoms with E-state index >= 15 is 0 Å². The molecule has 1 aliphatic heterocycles. The first-order chi connectivity index (χ1) is 9.33. The maximum absolute atomic E-state index is 12.0. The number of likely N-dealkylation sites (tertiary alicyclic amines) is 1. The summed E-state index contributed by atoms with van der Waals surface area (Å²) in [4.78, 5) is 24.7. The van der Waals surface area contributed by atoms with Crippen molar-refractivity contribution in [2.24, 2.45) is 0 Å². The largest absolute Gasteiger partial charge is 0.469 e. The van der Waals surface area contributed by atoms with Crippen molar-refractivity contribution in [1.82, 2.24) is 4.90 Å². The van der Waals surface area contributed by atoms with Crippen molar-refractivity contribution in [3.63, 3.8) is 0 Å². The Morgan fingerprint density at radius 2 is 2.00 bits per heavy atom. The first kappa shape index (κ1) is 16.8. The van der Waals surface area contributed by atoms with Crippen LogP contribution in [0.4, 0.5) is 4.79 Å². The van der Waals surface area contributed by atoms with Crippen LogP contribution in [-0.2, 0) is 19.0 Å². The fourth-order valence-corrected chi connectivity index (χ4v) is 2.05. The number of amides is 1. The number of ether oxygens (including phenoxy) is 3. The maximum Gasteiger partial charge on any atom is 0.410 e. The van der Waals surface area contributed by atoms with Gasteiger partial charge in [-0.15, -0.1) is 0 Å². The smallest absolute Gasteiger partial charge is 0.410 e. The van der Waals surface area contributed by atoms with Crippen molar-refractivity contribution in [1.29, 1.82) is 0 Å². The Bertz CT molecular complexity index is 337. The minimum atomic E-state index is -0.490. The number of nitrogens with zero attached hydrogens (tertiary/aromatic N) is 1. The molecular weight excluding hydrogens is 262 g/mol. The highest BCUT2D eigenvalue weighted by Crippen LogP contribution is 2.21. The summed E-state index contributed by atoms with van der Waals surface area (Å²) in [6, 6.07) is 0.0301. The minimum Gasteiger partial charge on any atom is -0.469 e. The van der Waals surface area contributed by atoms with Crippen LogP contribution in [0, 0.1) is 0 Å². The second-order valence-corrected chi connectivity index (χ2v) is 5.87. The molecule has 0 bridgehead atoms. The average molecular weight is 287 g/mol. The predicted molar refractivity (Wildman–Crippen MR) is 73.4 cm³/mol. The molecule has 1 rings (SSSR count). The topological polar surface area (TPSA) is 65.1 Å². The van der Waals surface area contributed by atoms with Crippen LogP contribution in [0.5, 0.6) is 0 Å². The average Bonchev–Trinajstić information content (AvgIpc) is 2.80. The molecule has 1 atom stereocenters. The number of hydrogen-bond donors (Lipinski definition) is 0. The van der Waals surface area contributed by atoms with Gasteiger partial charge in [-0.1, -0.05) is 0 Å². The third kappa shape index (κ3) is 5.77. The fourth-order valence-electron chi connectivity index (χ4n) is 2.05. The summed E-state index contributed by atoms with van der Waals surface area (Å²) in [7, 11) is 1.35. The second kappa shape index (κ2) is 7.47. The summed E-state index contributed by atoms with van der Waals surface area (Å²) >= 11 is 0. The van der Waals surface area contributed by atoms with Gasteiger partial charge in [0.2, 0.25) is 0 Å². The van der Waals surface area contributed by atoms with Gasteiger partial charge in [-0.3, -0.25) is 4.79 Å². The number of hydrogen-bond acceptors (Lipinski definition) is 5. The Morgan fingerprint density at radius 1 is 1.30 bits per heavy atom. The Labute approximate surface area is 120 Å². The predicted octanol–water partition coefficient (Wildman–Crippen LogP) is 1.97. The normalized spacial score (nSPS) is 19.0. The number of esters is 1. The summed E-state index contributed by atoms with van der Waals surface area (Å²) in [6.07, 6.45) is 1.79. The SMILES string of the molecule is COC(=O)CCOC[C@H]1CCCN1C(=O)OC(C)(C)C. The van der Waals surface area contributed by atoms with Crippen LogP contribution in [0.3, 0.4) is 0 Å². The van der Waals surface area contributed by atoms with Crippen molar-refractivity contribution in [3.8, 4) is 0 Å². The monoisotopic (exact) mass is 287 g/mol. The van der Waals surface area contributed by atoms with Crippen LogP contribution in [0.25, 0.3) is 0 Å². The molecule has 6 nitrogen and oxygen atoms in total. The van der Waals surface area contributed by atoms with E-state index in [1.165, 1.54) is 7.11 Å². The van der Waals surface area contributed by atoms with Crippen molar-refractivity contribution < 1.29 is 23.8 Å². The molecule has 0 saturated carbocycles. The fraction of sp³-hybridized carbons (Fsp3) is 0.857. The molecule has 0 unspecified atom stereocenters. The Kier molecular flexibility index (Phi) is 6.26. The van der Waals surface area contributed by atoms with Crippen LogP contribution in [0.1, 0.15) is 40.0 Å². The van der Waals surface area contributed by atoms with Crippen LogP contribution < -0.4 is 0 Å². The highest BCUT2D eigenvalue weighted by atomic mass is 16.6. The van der Waals surface area contributed by atoms with Crippen LogP contribution in [0.15, 0.2) is 0 Å². The van der Waals surface area contributed by atoms with Crippen molar-refractivity contribution in [2.75, 3.05) is 26.9 Å². The molecule has 1 aliphatic rings. The number of rotatable bonds is 5. The van der Waals surface area contributed by atoms with Crippen molar-refractivity contribution in [2.45, 2.75) is 51.7 Å². The summed E-state index contributed by atoms with van der Waals surface area (Å²) in [6.45, 7) is 6.98. The van der Waals surface area contributed by atoms with E-state index in [9.17, 15) is 9.59 Å². The summed E-state index contributed by atoms with van der Waals surface area (Å²) in [5.74, 6) is -0.291. The molecule has 0 aromatic heterocycles. The molecule has 0 aromatic rings. The van der Waals surface area contributed by atoms with E-state index in [1.54, 1.807) is 4.90 Å². The summed E-state index contributed by atoms with van der Waals surface area (Å²) in [5, 5.41) is 0. The van der Waals surface area contributed by atoms with Crippen molar-refractivity contribution >= 4 is 12.1 Å². The molecule has 116 valence electrons. The lowest BCUT2D eigenvalue weighted by Crippen LogP contribution is -2.41. The van der Waals surface area contributed by atoms with Gasteiger partial charge in [0.25, 0.3) is 0 Å². The lowest BCUT2D eigenvalue weighted by molar-refractivity contribution is -0.141. The lowest BCUT2D eigenvalue weighted by atomic mass is 10.2. The van der Waals surface area contributed by atoms with E-state index in [1.807, 2.05) is 20.8 Å². The van der Waals surface area contributed by atoms with Gasteiger partial charge in [-0.2, -0.15) is 0 Å². The van der Waals surface area contributed by atoms with Gasteiger partial charge in [-0.25, -0.2) is 4.79 Å². The number of carbonyl (C=O) groups excluding carboxylic acids is 2. The van der Waals surface area contributed by atoms with Gasteiger partial charge in [0, 0.05) is 6.54 Å². The highest BCUT2D eigenvalue weighted by molar-refractivity contribution is 5.69. The third-order valence-corrected chi connectivity index (χ3v) is 2.99. The number of carbonyl (C=O) groups is 2. The molecule has 1 saturated heterocycles. The van der Waals surface area contributed by atoms with E-state index in [0.29, 0.717) is 19.8 Å². The Balaban J connectivity index is 2.34. The molecule has 0 aromatic carbocycles. The first-order valence-corrected chi connectivity index (χ1v) is 6.97. The molecule has 1 amide bonds. The highest BCUT2D eigenvalue weighted by Gasteiger charge is 2.32. The number of methoxy groups -OCH3 is 1. The van der Waals surface area contributed by atoms with E-state index in [-0.39, 0.29) is 24.5 Å². The van der Waals surface area contributed by atoms with Crippen molar-refractivity contribution in [3.05, 3.63) is 0 Å². The van der Waals surface area contributed by atoms with Gasteiger partial charge in [0.1, 0.15) is 5.60 Å². The molecule has 1 heterocycles. The maximum atomic E-state index is 12.0. The van der Waals surface area contributed by atoms with E-state index in [0.717, 1.165) is 12.8 Å². The second-order valence-electron chi connectivity index (χ2n) is 5.87. The Hall–Kier alpha value is -1.30. The first-order valence-electron chi connectivity index (χ1n) is 6.97. The summed E-state index contributed by atoms with van der Waals surface area (Å²) in [5.41, 5.74) is -0.490. The van der Waals surface area contributed by atoms with Gasteiger partial charge >= 0.3 is 12.1 Å². The summed E-state index contributed by atoms with van der Waals surface area (Å²) < 4.78 is 15.4. The van der Waals surface area contributed by atoms with E-state index in [2.05, 4.69) is 4.74 Å². The van der Waals surface area contributed by atoms with Crippen LogP contribution in [-0.4, -0.2) is 55.5 Å². The van der Waals surface area contributed by atoms with E-state index in [4.69, 9.17) is 9.47 Å². The molecule has 0 aliphatic carbocycles. The molecule has 0 N–H and O–H groups in total. The van der Waals surface area contributed by atoms with Gasteiger partial charge < -0.3 is 19.1 Å². The van der Waals surface area contributed by atoms with Crippen LogP contribution in [0.2, 0.25) is 0 Å². The van der Waals surface area contributed by atoms with Gasteiger partial charge in [0.05, 0.1) is 32.8 Å². The standard InChI is InChI=1S/C14H25NO5/c1-14(2,3)20-13(17)15-8-5-6-11(15)10-19-9-7-12(16)18-4/h11H,5-10H2,1-4H3/t11-/m1/s1. The molecule has 6 heteroatoms. The molecule has 1 fully saturated rings. The molecule has 20 heavy (non-hydrogen) atoms. The lowest BCUT2D eigenvalue weighted by Gasteiger charge is -2.28. The third-order valence-electron chi connectivity index (χ3n) is 2.99.